The van der Waals surface area contributed by atoms with Gasteiger partial charge in [0.1, 0.15) is 29.3 Å². The van der Waals surface area contributed by atoms with E-state index < -0.39 is 0 Å². The predicted octanol–water partition coefficient (Wildman–Crippen LogP) is 5.14. The Morgan fingerprint density at radius 3 is 2.45 bits per heavy atom. The second-order valence-electron chi connectivity index (χ2n) is 9.04. The number of ether oxygens (including phenoxy) is 2. The summed E-state index contributed by atoms with van der Waals surface area (Å²) in [6.07, 6.45) is 2.88. The minimum Gasteiger partial charge on any atom is -0.496 e. The second kappa shape index (κ2) is 11.1. The first-order valence-electron chi connectivity index (χ1n) is 12.3. The van der Waals surface area contributed by atoms with Crippen LogP contribution in [0.15, 0.2) is 89.9 Å². The zero-order valence-electron chi connectivity index (χ0n) is 21.3. The molecule has 38 heavy (non-hydrogen) atoms. The summed E-state index contributed by atoms with van der Waals surface area (Å²) in [6, 6.07) is 25.5. The molecular weight excluding hydrogens is 478 g/mol. The van der Waals surface area contributed by atoms with E-state index in [0.717, 1.165) is 23.1 Å². The van der Waals surface area contributed by atoms with Gasteiger partial charge in [-0.25, -0.2) is 4.98 Å². The summed E-state index contributed by atoms with van der Waals surface area (Å²) < 4.78 is 13.2. The molecule has 0 radical (unpaired) electrons. The third-order valence-corrected chi connectivity index (χ3v) is 6.41. The molecule has 2 heterocycles. The number of hydrogen-bond acceptors (Lipinski definition) is 6. The summed E-state index contributed by atoms with van der Waals surface area (Å²) >= 11 is 0. The van der Waals surface area contributed by atoms with Crippen molar-refractivity contribution in [1.29, 1.82) is 0 Å². The van der Waals surface area contributed by atoms with E-state index in [9.17, 15) is 9.59 Å². The molecule has 3 aromatic carbocycles. The third-order valence-electron chi connectivity index (χ3n) is 6.41. The van der Waals surface area contributed by atoms with Gasteiger partial charge in [-0.3, -0.25) is 19.1 Å². The van der Waals surface area contributed by atoms with Gasteiger partial charge in [-0.2, -0.15) is 0 Å². The average Bonchev–Trinajstić information content (AvgIpc) is 2.95. The van der Waals surface area contributed by atoms with E-state index in [1.54, 1.807) is 17.7 Å². The minimum absolute atomic E-state index is 0.0323. The van der Waals surface area contributed by atoms with Gasteiger partial charge in [-0.15, -0.1) is 0 Å². The SMILES string of the molecule is COc1cc(C)ccc1Cn1c(COc2ccc(Cc3ccccc3)cc2)nc2c(C=O)nccc2c1=O. The first-order chi connectivity index (χ1) is 18.6. The molecule has 0 aliphatic rings. The van der Waals surface area contributed by atoms with Crippen LogP contribution in [-0.4, -0.2) is 27.9 Å². The van der Waals surface area contributed by atoms with Crippen molar-refractivity contribution in [3.63, 3.8) is 0 Å². The Labute approximate surface area is 220 Å². The molecule has 0 fully saturated rings. The van der Waals surface area contributed by atoms with E-state index >= 15 is 0 Å². The lowest BCUT2D eigenvalue weighted by molar-refractivity contribution is 0.112. The Balaban J connectivity index is 1.47. The van der Waals surface area contributed by atoms with Crippen molar-refractivity contribution in [2.45, 2.75) is 26.5 Å². The molecule has 2 aromatic heterocycles. The molecule has 0 saturated heterocycles. The lowest BCUT2D eigenvalue weighted by atomic mass is 10.1. The molecule has 0 aliphatic heterocycles. The van der Waals surface area contributed by atoms with E-state index in [2.05, 4.69) is 22.1 Å². The van der Waals surface area contributed by atoms with Crippen LogP contribution < -0.4 is 15.0 Å². The Kier molecular flexibility index (Phi) is 7.26. The maximum Gasteiger partial charge on any atom is 0.261 e. The third kappa shape index (κ3) is 5.32. The minimum atomic E-state index is -0.278. The first kappa shape index (κ1) is 24.9. The van der Waals surface area contributed by atoms with Gasteiger partial charge in [-0.05, 0) is 54.3 Å². The fourth-order valence-electron chi connectivity index (χ4n) is 4.41. The summed E-state index contributed by atoms with van der Waals surface area (Å²) in [5.74, 6) is 1.72. The number of carbonyl (C=O) groups is 1. The number of rotatable bonds is 9. The Morgan fingerprint density at radius 1 is 0.947 bits per heavy atom. The van der Waals surface area contributed by atoms with Gasteiger partial charge < -0.3 is 9.47 Å². The molecule has 0 N–H and O–H groups in total. The number of carbonyl (C=O) groups excluding carboxylic acids is 1. The molecule has 0 amide bonds. The molecule has 0 unspecified atom stereocenters. The van der Waals surface area contributed by atoms with Crippen molar-refractivity contribution in [2.24, 2.45) is 0 Å². The Bertz CT molecular complexity index is 1640. The molecule has 5 rings (SSSR count). The highest BCUT2D eigenvalue weighted by Crippen LogP contribution is 2.22. The predicted molar refractivity (Wildman–Crippen MR) is 146 cm³/mol. The number of nitrogens with zero attached hydrogens (tertiary/aromatic N) is 3. The topological polar surface area (TPSA) is 83.3 Å². The fourth-order valence-corrected chi connectivity index (χ4v) is 4.41. The smallest absolute Gasteiger partial charge is 0.261 e. The fraction of sp³-hybridized carbons (Fsp3) is 0.161. The number of aromatic nitrogens is 3. The van der Waals surface area contributed by atoms with Crippen LogP contribution >= 0.6 is 0 Å². The lowest BCUT2D eigenvalue weighted by Gasteiger charge is -2.16. The maximum absolute atomic E-state index is 13.6. The van der Waals surface area contributed by atoms with Crippen LogP contribution in [0.5, 0.6) is 11.5 Å². The first-order valence-corrected chi connectivity index (χ1v) is 12.3. The number of fused-ring (bicyclic) bond motifs is 1. The number of hydrogen-bond donors (Lipinski definition) is 0. The molecule has 0 saturated carbocycles. The van der Waals surface area contributed by atoms with Crippen molar-refractivity contribution in [2.75, 3.05) is 7.11 Å². The van der Waals surface area contributed by atoms with Gasteiger partial charge in [-0.1, -0.05) is 54.6 Å². The van der Waals surface area contributed by atoms with Crippen LogP contribution in [0, 0.1) is 6.92 Å². The largest absolute Gasteiger partial charge is 0.496 e. The van der Waals surface area contributed by atoms with E-state index in [0.29, 0.717) is 29.0 Å². The quantitative estimate of drug-likeness (QED) is 0.258. The summed E-state index contributed by atoms with van der Waals surface area (Å²) in [4.78, 5) is 34.0. The highest BCUT2D eigenvalue weighted by atomic mass is 16.5. The molecule has 0 atom stereocenters. The number of methoxy groups -OCH3 is 1. The van der Waals surface area contributed by atoms with Gasteiger partial charge in [0.15, 0.2) is 12.1 Å². The van der Waals surface area contributed by atoms with E-state index in [1.165, 1.54) is 11.8 Å². The monoisotopic (exact) mass is 505 g/mol. The summed E-state index contributed by atoms with van der Waals surface area (Å²) in [6.45, 7) is 2.25. The van der Waals surface area contributed by atoms with Crippen molar-refractivity contribution < 1.29 is 14.3 Å². The van der Waals surface area contributed by atoms with Crippen LogP contribution in [0.25, 0.3) is 10.9 Å². The summed E-state index contributed by atoms with van der Waals surface area (Å²) in [7, 11) is 1.60. The molecule has 5 aromatic rings. The molecule has 190 valence electrons. The molecule has 0 bridgehead atoms. The summed E-state index contributed by atoms with van der Waals surface area (Å²) in [5.41, 5.74) is 4.38. The standard InChI is InChI=1S/C31H27N3O4/c1-21-8-11-24(28(16-21)37-2)18-34-29(33-30-26(31(34)36)14-15-32-27(30)19-35)20-38-25-12-9-23(10-13-25)17-22-6-4-3-5-7-22/h3-16,19H,17-18,20H2,1-2H3. The Hall–Kier alpha value is -4.78. The number of pyridine rings is 1. The maximum atomic E-state index is 13.6. The van der Waals surface area contributed by atoms with Gasteiger partial charge in [0, 0.05) is 11.8 Å². The van der Waals surface area contributed by atoms with Crippen molar-refractivity contribution >= 4 is 17.2 Å². The van der Waals surface area contributed by atoms with Crippen LogP contribution in [0.2, 0.25) is 0 Å². The van der Waals surface area contributed by atoms with Crippen molar-refractivity contribution in [3.05, 3.63) is 129 Å². The molecule has 7 nitrogen and oxygen atoms in total. The number of aryl methyl sites for hydroxylation is 1. The van der Waals surface area contributed by atoms with Gasteiger partial charge in [0.2, 0.25) is 0 Å². The van der Waals surface area contributed by atoms with E-state index in [1.807, 2.05) is 67.6 Å². The number of benzene rings is 3. The van der Waals surface area contributed by atoms with Crippen LogP contribution in [0.1, 0.15) is 38.6 Å². The Morgan fingerprint density at radius 2 is 1.71 bits per heavy atom. The molecule has 0 aliphatic carbocycles. The van der Waals surface area contributed by atoms with Gasteiger partial charge in [0.25, 0.3) is 5.56 Å². The van der Waals surface area contributed by atoms with Crippen LogP contribution in [0.4, 0.5) is 0 Å². The zero-order chi connectivity index (χ0) is 26.5. The van der Waals surface area contributed by atoms with Gasteiger partial charge >= 0.3 is 0 Å². The zero-order valence-corrected chi connectivity index (χ0v) is 21.3. The van der Waals surface area contributed by atoms with Gasteiger partial charge in [0.05, 0.1) is 19.0 Å². The van der Waals surface area contributed by atoms with Crippen molar-refractivity contribution in [3.8, 4) is 11.5 Å². The molecule has 0 spiro atoms. The van der Waals surface area contributed by atoms with Crippen LogP contribution in [0.3, 0.4) is 0 Å². The number of aldehydes is 1. The second-order valence-corrected chi connectivity index (χ2v) is 9.04. The normalized spacial score (nSPS) is 10.9. The van der Waals surface area contributed by atoms with E-state index in [4.69, 9.17) is 9.47 Å². The average molecular weight is 506 g/mol. The van der Waals surface area contributed by atoms with E-state index in [-0.39, 0.29) is 29.9 Å². The highest BCUT2D eigenvalue weighted by Gasteiger charge is 2.17. The van der Waals surface area contributed by atoms with Crippen LogP contribution in [-0.2, 0) is 19.6 Å². The molecule has 7 heteroatoms. The summed E-state index contributed by atoms with van der Waals surface area (Å²) in [5, 5.41) is 0.321. The lowest BCUT2D eigenvalue weighted by Crippen LogP contribution is -2.27. The highest BCUT2D eigenvalue weighted by molar-refractivity contribution is 5.92. The molecular formula is C31H27N3O4. The van der Waals surface area contributed by atoms with Crippen molar-refractivity contribution in [1.82, 2.24) is 14.5 Å².